The van der Waals surface area contributed by atoms with Crippen LogP contribution in [0, 0.1) is 0 Å². The van der Waals surface area contributed by atoms with E-state index in [0.29, 0.717) is 13.0 Å². The smallest absolute Gasteiger partial charge is 0.457 e. The molecular formula is C55H92NO7P. The Bertz CT molecular complexity index is 1390. The zero-order valence-electron chi connectivity index (χ0n) is 40.5. The van der Waals surface area contributed by atoms with Crippen LogP contribution in [-0.4, -0.2) is 49.9 Å². The summed E-state index contributed by atoms with van der Waals surface area (Å²) in [5.41, 5.74) is 5.38. The molecule has 0 saturated carbocycles. The molecule has 0 spiro atoms. The molecule has 0 aliphatic rings. The molecule has 0 aliphatic carbocycles. The molecule has 0 heterocycles. The van der Waals surface area contributed by atoms with Gasteiger partial charge in [0.25, 0.3) is 0 Å². The fourth-order valence-electron chi connectivity index (χ4n) is 6.30. The van der Waals surface area contributed by atoms with Crippen molar-refractivity contribution in [2.24, 2.45) is 5.73 Å². The van der Waals surface area contributed by atoms with Gasteiger partial charge in [0.15, 0.2) is 0 Å². The Morgan fingerprint density at radius 1 is 0.469 bits per heavy atom. The Morgan fingerprint density at radius 2 is 0.828 bits per heavy atom. The maximum Gasteiger partial charge on any atom is 0.472 e. The number of carbonyl (C=O) groups excluding carboxylic acids is 1. The molecule has 2 atom stereocenters. The molecule has 0 aromatic carbocycles. The standard InChI is InChI=1S/C55H92NO7P/c1-3-5-7-9-11-13-15-17-19-21-23-25-26-27-28-29-30-32-34-36-38-40-42-44-46-48-55(57)63-54(53-62-64(58,59)61-51-49-56)52-60-50-47-45-43-41-39-37-35-33-31-24-22-20-18-16-14-12-10-8-6-4-2/h5-8,11-14,17-20,23-25,31,35,37,41,43,54H,3-4,9-10,15-16,21-22,26-30,32-34,36,38-40,42,44-53,56H2,1-2H3,(H,58,59)/b7-5-,8-6-,13-11-,14-12-,19-17-,20-18-,25-23-,31-24-,37-35-,43-41-. The van der Waals surface area contributed by atoms with Gasteiger partial charge in [0.1, 0.15) is 6.10 Å². The number of rotatable bonds is 46. The first-order chi connectivity index (χ1) is 31.4. The lowest BCUT2D eigenvalue weighted by molar-refractivity contribution is -0.154. The monoisotopic (exact) mass is 910 g/mol. The first-order valence-corrected chi connectivity index (χ1v) is 26.5. The summed E-state index contributed by atoms with van der Waals surface area (Å²) in [5.74, 6) is -0.357. The second-order valence-corrected chi connectivity index (χ2v) is 17.4. The number of nitrogens with two attached hydrogens (primary N) is 1. The highest BCUT2D eigenvalue weighted by Gasteiger charge is 2.25. The first-order valence-electron chi connectivity index (χ1n) is 25.0. The van der Waals surface area contributed by atoms with Crippen molar-refractivity contribution in [2.45, 2.75) is 187 Å². The van der Waals surface area contributed by atoms with Gasteiger partial charge in [-0.3, -0.25) is 13.8 Å². The van der Waals surface area contributed by atoms with Gasteiger partial charge in [0, 0.05) is 19.6 Å². The van der Waals surface area contributed by atoms with Gasteiger partial charge in [0.2, 0.25) is 0 Å². The van der Waals surface area contributed by atoms with Crippen molar-refractivity contribution in [3.8, 4) is 0 Å². The topological polar surface area (TPSA) is 117 Å². The van der Waals surface area contributed by atoms with Crippen molar-refractivity contribution < 1.29 is 32.8 Å². The van der Waals surface area contributed by atoms with Crippen molar-refractivity contribution in [3.05, 3.63) is 122 Å². The Hall–Kier alpha value is -3.10. The number of carbonyl (C=O) groups is 1. The highest BCUT2D eigenvalue weighted by Crippen LogP contribution is 2.43. The second-order valence-electron chi connectivity index (χ2n) is 15.9. The SMILES string of the molecule is CC/C=C\C/C=C\C/C=C\C/C=C\C/C=C\C/C=C\CCCOCC(COP(=O)(O)OCCN)OC(=O)CCCCCCCCCCCCCC/C=C\C/C=C\C/C=C\C/C=C\CC. The van der Waals surface area contributed by atoms with Crippen LogP contribution in [0.4, 0.5) is 0 Å². The van der Waals surface area contributed by atoms with Crippen LogP contribution in [0.2, 0.25) is 0 Å². The predicted molar refractivity (Wildman–Crippen MR) is 274 cm³/mol. The minimum Gasteiger partial charge on any atom is -0.457 e. The van der Waals surface area contributed by atoms with Crippen molar-refractivity contribution in [1.29, 1.82) is 0 Å². The third kappa shape index (κ3) is 49.9. The third-order valence-electron chi connectivity index (χ3n) is 9.87. The van der Waals surface area contributed by atoms with Crippen LogP contribution >= 0.6 is 7.82 Å². The van der Waals surface area contributed by atoms with E-state index in [4.69, 9.17) is 24.3 Å². The fourth-order valence-corrected chi connectivity index (χ4v) is 7.06. The number of hydrogen-bond donors (Lipinski definition) is 2. The molecule has 0 radical (unpaired) electrons. The molecule has 64 heavy (non-hydrogen) atoms. The number of phosphoric acid groups is 1. The zero-order valence-corrected chi connectivity index (χ0v) is 41.4. The highest BCUT2D eigenvalue weighted by atomic mass is 31.2. The molecule has 0 aromatic rings. The van der Waals surface area contributed by atoms with Gasteiger partial charge in [-0.05, 0) is 96.3 Å². The molecule has 0 rings (SSSR count). The van der Waals surface area contributed by atoms with E-state index < -0.39 is 13.9 Å². The van der Waals surface area contributed by atoms with Gasteiger partial charge in [0.05, 0.1) is 19.8 Å². The van der Waals surface area contributed by atoms with E-state index in [-0.39, 0.29) is 32.3 Å². The van der Waals surface area contributed by atoms with Crippen LogP contribution in [0.3, 0.4) is 0 Å². The van der Waals surface area contributed by atoms with E-state index >= 15 is 0 Å². The van der Waals surface area contributed by atoms with Crippen molar-refractivity contribution in [3.63, 3.8) is 0 Å². The number of allylic oxidation sites excluding steroid dienone is 20. The lowest BCUT2D eigenvalue weighted by Gasteiger charge is -2.20. The number of esters is 1. The Balaban J connectivity index is 4.07. The molecular weight excluding hydrogens is 818 g/mol. The molecule has 9 heteroatoms. The van der Waals surface area contributed by atoms with E-state index in [1.165, 1.54) is 64.2 Å². The molecule has 3 N–H and O–H groups in total. The van der Waals surface area contributed by atoms with Gasteiger partial charge in [-0.2, -0.15) is 0 Å². The maximum absolute atomic E-state index is 12.7. The number of unbranched alkanes of at least 4 members (excludes halogenated alkanes) is 13. The van der Waals surface area contributed by atoms with Gasteiger partial charge >= 0.3 is 13.8 Å². The molecule has 0 amide bonds. The summed E-state index contributed by atoms with van der Waals surface area (Å²) in [6.45, 7) is 4.51. The summed E-state index contributed by atoms with van der Waals surface area (Å²) in [7, 11) is -4.31. The van der Waals surface area contributed by atoms with Crippen LogP contribution < -0.4 is 5.73 Å². The van der Waals surface area contributed by atoms with Crippen molar-refractivity contribution in [2.75, 3.05) is 33.0 Å². The van der Waals surface area contributed by atoms with Gasteiger partial charge < -0.3 is 20.1 Å². The summed E-state index contributed by atoms with van der Waals surface area (Å²) in [4.78, 5) is 22.6. The van der Waals surface area contributed by atoms with E-state index in [1.54, 1.807) is 0 Å². The number of phosphoric ester groups is 1. The Labute approximate surface area is 392 Å². The molecule has 0 saturated heterocycles. The maximum atomic E-state index is 12.7. The largest absolute Gasteiger partial charge is 0.472 e. The van der Waals surface area contributed by atoms with Crippen LogP contribution in [-0.2, 0) is 27.9 Å². The van der Waals surface area contributed by atoms with Gasteiger partial charge in [-0.15, -0.1) is 0 Å². The summed E-state index contributed by atoms with van der Waals surface area (Å²) >= 11 is 0. The Kier molecular flexibility index (Phi) is 48.4. The molecule has 2 unspecified atom stereocenters. The minimum atomic E-state index is -4.31. The first kappa shape index (κ1) is 60.9. The summed E-state index contributed by atoms with van der Waals surface area (Å²) in [6, 6.07) is 0. The lowest BCUT2D eigenvalue weighted by atomic mass is 10.0. The molecule has 0 bridgehead atoms. The van der Waals surface area contributed by atoms with Crippen LogP contribution in [0.25, 0.3) is 0 Å². The third-order valence-corrected chi connectivity index (χ3v) is 10.9. The number of ether oxygens (including phenoxy) is 2. The number of hydrogen-bond acceptors (Lipinski definition) is 7. The predicted octanol–water partition coefficient (Wildman–Crippen LogP) is 15.8. The van der Waals surface area contributed by atoms with Gasteiger partial charge in [-0.1, -0.05) is 200 Å². The lowest BCUT2D eigenvalue weighted by Crippen LogP contribution is -2.28. The van der Waals surface area contributed by atoms with Crippen LogP contribution in [0.1, 0.15) is 181 Å². The second kappa shape index (κ2) is 50.9. The van der Waals surface area contributed by atoms with E-state index in [0.717, 1.165) is 96.3 Å². The van der Waals surface area contributed by atoms with Crippen LogP contribution in [0.5, 0.6) is 0 Å². The van der Waals surface area contributed by atoms with Crippen LogP contribution in [0.15, 0.2) is 122 Å². The quantitative estimate of drug-likeness (QED) is 0.0268. The van der Waals surface area contributed by atoms with E-state index in [9.17, 15) is 14.3 Å². The van der Waals surface area contributed by atoms with Crippen molar-refractivity contribution in [1.82, 2.24) is 0 Å². The molecule has 0 fully saturated rings. The summed E-state index contributed by atoms with van der Waals surface area (Å²) in [6.07, 6.45) is 71.0. The fraction of sp³-hybridized carbons (Fsp3) is 0.618. The molecule has 8 nitrogen and oxygen atoms in total. The van der Waals surface area contributed by atoms with E-state index in [2.05, 4.69) is 135 Å². The Morgan fingerprint density at radius 3 is 1.23 bits per heavy atom. The molecule has 0 aliphatic heterocycles. The van der Waals surface area contributed by atoms with E-state index in [1.807, 2.05) is 0 Å². The molecule has 0 aromatic heterocycles. The zero-order chi connectivity index (χ0) is 46.5. The minimum absolute atomic E-state index is 0.0679. The normalized spacial score (nSPS) is 14.4. The average molecular weight is 910 g/mol. The molecule has 364 valence electrons. The summed E-state index contributed by atoms with van der Waals surface area (Å²) < 4.78 is 33.5. The van der Waals surface area contributed by atoms with Gasteiger partial charge in [-0.25, -0.2) is 4.57 Å². The highest BCUT2D eigenvalue weighted by molar-refractivity contribution is 7.47. The average Bonchev–Trinajstić information content (AvgIpc) is 3.29. The van der Waals surface area contributed by atoms with Crippen molar-refractivity contribution >= 4 is 13.8 Å². The summed E-state index contributed by atoms with van der Waals surface area (Å²) in [5, 5.41) is 0.